The fraction of sp³-hybridized carbons (Fsp3) is 0.308. The van der Waals surface area contributed by atoms with Gasteiger partial charge in [0, 0.05) is 95.6 Å². The lowest BCUT2D eigenvalue weighted by Gasteiger charge is -2.30. The van der Waals surface area contributed by atoms with Gasteiger partial charge in [0.1, 0.15) is 0 Å². The van der Waals surface area contributed by atoms with Crippen molar-refractivity contribution in [1.82, 2.24) is 25.4 Å². The number of carbonyl (C=O) groups excluding carboxylic acids is 4. The molecular weight excluding hydrogens is 616 g/mol. The van der Waals surface area contributed by atoms with Gasteiger partial charge >= 0.3 is 0 Å². The molecule has 10 heteroatoms. The fourth-order valence-electron chi connectivity index (χ4n) is 7.29. The molecule has 0 fully saturated rings. The average molecular weight is 657 g/mol. The maximum absolute atomic E-state index is 13.6. The summed E-state index contributed by atoms with van der Waals surface area (Å²) in [5.41, 5.74) is 3.26. The summed E-state index contributed by atoms with van der Waals surface area (Å²) in [5.74, 6) is -1.09. The molecule has 5 aromatic rings. The summed E-state index contributed by atoms with van der Waals surface area (Å²) in [7, 11) is 0. The third-order valence-corrected chi connectivity index (χ3v) is 9.63. The zero-order valence-corrected chi connectivity index (χ0v) is 27.9. The van der Waals surface area contributed by atoms with Crippen LogP contribution in [-0.2, 0) is 0 Å². The number of nitrogens with zero attached hydrogens (tertiary/aromatic N) is 4. The molecule has 4 aromatic carbocycles. The second-order valence-corrected chi connectivity index (χ2v) is 12.6. The van der Waals surface area contributed by atoms with Gasteiger partial charge < -0.3 is 15.5 Å². The molecule has 2 aliphatic heterocycles. The Bertz CT molecular complexity index is 2110. The van der Waals surface area contributed by atoms with Crippen LogP contribution in [0.1, 0.15) is 68.1 Å². The van der Waals surface area contributed by atoms with Crippen LogP contribution in [0.15, 0.2) is 73.1 Å². The molecule has 250 valence electrons. The van der Waals surface area contributed by atoms with Gasteiger partial charge in [0.15, 0.2) is 0 Å². The van der Waals surface area contributed by atoms with Crippen molar-refractivity contribution in [3.8, 4) is 0 Å². The number of benzene rings is 4. The first-order valence-electron chi connectivity index (χ1n) is 17.2. The summed E-state index contributed by atoms with van der Waals surface area (Å²) in [5, 5.41) is 11.6. The number of rotatable bonds is 14. The van der Waals surface area contributed by atoms with Gasteiger partial charge in [0.25, 0.3) is 23.6 Å². The first kappa shape index (κ1) is 32.4. The molecule has 49 heavy (non-hydrogen) atoms. The van der Waals surface area contributed by atoms with E-state index in [4.69, 9.17) is 0 Å². The summed E-state index contributed by atoms with van der Waals surface area (Å²) in [4.78, 5) is 63.2. The number of aromatic nitrogens is 1. The number of hydrogen-bond donors (Lipinski definition) is 2. The lowest BCUT2D eigenvalue weighted by molar-refractivity contribution is 0.0598. The van der Waals surface area contributed by atoms with E-state index in [1.165, 1.54) is 9.80 Å². The number of pyridine rings is 1. The zero-order valence-electron chi connectivity index (χ0n) is 27.9. The lowest BCUT2D eigenvalue weighted by atomic mass is 9.90. The topological polar surface area (TPSA) is 115 Å². The van der Waals surface area contributed by atoms with Crippen LogP contribution in [0.4, 0.5) is 5.69 Å². The van der Waals surface area contributed by atoms with E-state index >= 15 is 0 Å². The standard InChI is InChI=1S/C39H40N6O4/c1-3-20-43(4-2)32-13-12-30-34-27(32)9-6-11-29(34)37(47)44(38(30)48)21-18-40-15-7-16-41-19-22-45-36(46)28-10-5-8-26-23-25-14-17-42-24-31(25)35(33(26)28)39(45)49/h5-6,8-14,17,23-24,40-41H,3-4,7,15-16,18-22H2,1-2H3. The summed E-state index contributed by atoms with van der Waals surface area (Å²) in [6.07, 6.45) is 5.20. The Labute approximate surface area is 285 Å². The highest BCUT2D eigenvalue weighted by Gasteiger charge is 2.35. The Kier molecular flexibility index (Phi) is 9.07. The van der Waals surface area contributed by atoms with E-state index in [1.807, 2.05) is 54.6 Å². The summed E-state index contributed by atoms with van der Waals surface area (Å²) >= 11 is 0. The fourth-order valence-corrected chi connectivity index (χ4v) is 7.29. The minimum absolute atomic E-state index is 0.252. The van der Waals surface area contributed by atoms with E-state index in [2.05, 4.69) is 34.4 Å². The quantitative estimate of drug-likeness (QED) is 0.0948. The Balaban J connectivity index is 0.900. The van der Waals surface area contributed by atoms with Gasteiger partial charge in [-0.3, -0.25) is 34.0 Å². The number of imide groups is 2. The van der Waals surface area contributed by atoms with Crippen LogP contribution in [0.3, 0.4) is 0 Å². The van der Waals surface area contributed by atoms with Crippen molar-refractivity contribution >= 4 is 61.6 Å². The van der Waals surface area contributed by atoms with Gasteiger partial charge in [-0.2, -0.15) is 0 Å². The Morgan fingerprint density at radius 3 is 2.02 bits per heavy atom. The molecule has 0 spiro atoms. The Morgan fingerprint density at radius 1 is 0.673 bits per heavy atom. The number of anilines is 1. The third-order valence-electron chi connectivity index (χ3n) is 9.63. The van der Waals surface area contributed by atoms with E-state index in [1.54, 1.807) is 18.5 Å². The van der Waals surface area contributed by atoms with Crippen LogP contribution in [0.5, 0.6) is 0 Å². The van der Waals surface area contributed by atoms with Crippen LogP contribution < -0.4 is 15.5 Å². The molecule has 7 rings (SSSR count). The minimum atomic E-state index is -0.295. The summed E-state index contributed by atoms with van der Waals surface area (Å²) < 4.78 is 0. The summed E-state index contributed by atoms with van der Waals surface area (Å²) in [6, 6.07) is 19.0. The minimum Gasteiger partial charge on any atom is -0.371 e. The molecule has 0 saturated carbocycles. The van der Waals surface area contributed by atoms with E-state index in [0.29, 0.717) is 53.8 Å². The zero-order chi connectivity index (χ0) is 34.1. The first-order valence-corrected chi connectivity index (χ1v) is 17.2. The van der Waals surface area contributed by atoms with Gasteiger partial charge in [-0.25, -0.2) is 0 Å². The molecule has 1 aromatic heterocycles. The number of nitrogens with one attached hydrogen (secondary N) is 2. The van der Waals surface area contributed by atoms with E-state index in [0.717, 1.165) is 58.5 Å². The van der Waals surface area contributed by atoms with Gasteiger partial charge in [0.2, 0.25) is 0 Å². The monoisotopic (exact) mass is 656 g/mol. The van der Waals surface area contributed by atoms with Crippen LogP contribution in [0.25, 0.3) is 32.3 Å². The van der Waals surface area contributed by atoms with Crippen LogP contribution in [-0.4, -0.2) is 90.8 Å². The van der Waals surface area contributed by atoms with Crippen molar-refractivity contribution in [2.24, 2.45) is 0 Å². The van der Waals surface area contributed by atoms with Crippen LogP contribution in [0, 0.1) is 0 Å². The highest BCUT2D eigenvalue weighted by molar-refractivity contribution is 6.30. The molecule has 0 bridgehead atoms. The molecule has 10 nitrogen and oxygen atoms in total. The largest absolute Gasteiger partial charge is 0.371 e. The molecular formula is C39H40N6O4. The number of fused-ring (bicyclic) bond motifs is 2. The van der Waals surface area contributed by atoms with Crippen molar-refractivity contribution < 1.29 is 19.2 Å². The highest BCUT2D eigenvalue weighted by atomic mass is 16.2. The van der Waals surface area contributed by atoms with Crippen molar-refractivity contribution in [1.29, 1.82) is 0 Å². The lowest BCUT2D eigenvalue weighted by Crippen LogP contribution is -2.44. The molecule has 0 saturated heterocycles. The first-order chi connectivity index (χ1) is 23.9. The van der Waals surface area contributed by atoms with E-state index in [-0.39, 0.29) is 36.7 Å². The maximum atomic E-state index is 13.6. The maximum Gasteiger partial charge on any atom is 0.262 e. The van der Waals surface area contributed by atoms with Crippen molar-refractivity contribution in [2.45, 2.75) is 26.7 Å². The predicted octanol–water partition coefficient (Wildman–Crippen LogP) is 5.24. The highest BCUT2D eigenvalue weighted by Crippen LogP contribution is 2.37. The predicted molar refractivity (Wildman–Crippen MR) is 192 cm³/mol. The molecule has 0 unspecified atom stereocenters. The van der Waals surface area contributed by atoms with Gasteiger partial charge in [-0.05, 0) is 80.0 Å². The Hall–Kier alpha value is -5.19. The van der Waals surface area contributed by atoms with Crippen LogP contribution >= 0.6 is 0 Å². The van der Waals surface area contributed by atoms with E-state index < -0.39 is 0 Å². The van der Waals surface area contributed by atoms with Gasteiger partial charge in [-0.1, -0.05) is 31.2 Å². The molecule has 4 amide bonds. The molecule has 0 aliphatic carbocycles. The van der Waals surface area contributed by atoms with Gasteiger partial charge in [0.05, 0.1) is 5.56 Å². The summed E-state index contributed by atoms with van der Waals surface area (Å²) in [6.45, 7) is 8.84. The SMILES string of the molecule is CCCN(CC)c1ccc2c3c(cccc13)C(=O)N(CCNCCCNCCN1C(=O)c3cccc4cc5ccncc5c(c34)C1=O)C2=O. The van der Waals surface area contributed by atoms with Crippen molar-refractivity contribution in [3.05, 3.63) is 95.3 Å². The molecule has 3 heterocycles. The third kappa shape index (κ3) is 5.70. The smallest absolute Gasteiger partial charge is 0.262 e. The number of amides is 4. The van der Waals surface area contributed by atoms with Gasteiger partial charge in [-0.15, -0.1) is 0 Å². The second-order valence-electron chi connectivity index (χ2n) is 12.6. The average Bonchev–Trinajstić information content (AvgIpc) is 3.12. The molecule has 2 N–H and O–H groups in total. The normalized spacial score (nSPS) is 14.2. The van der Waals surface area contributed by atoms with Crippen molar-refractivity contribution in [3.63, 3.8) is 0 Å². The number of hydrogen-bond acceptors (Lipinski definition) is 8. The van der Waals surface area contributed by atoms with Crippen molar-refractivity contribution in [2.75, 3.05) is 57.3 Å². The number of carbonyl (C=O) groups is 4. The second kappa shape index (κ2) is 13.7. The molecule has 0 radical (unpaired) electrons. The van der Waals surface area contributed by atoms with E-state index in [9.17, 15) is 19.2 Å². The molecule has 2 aliphatic rings. The molecule has 0 atom stereocenters. The Morgan fingerprint density at radius 2 is 1.33 bits per heavy atom. The van der Waals surface area contributed by atoms with Crippen LogP contribution in [0.2, 0.25) is 0 Å².